The summed E-state index contributed by atoms with van der Waals surface area (Å²) in [5, 5.41) is 3.80. The van der Waals surface area contributed by atoms with E-state index in [9.17, 15) is 13.2 Å². The molecular weight excluding hydrogens is 440 g/mol. The molecule has 1 heterocycles. The number of hydrogen-bond donors (Lipinski definition) is 2. The van der Waals surface area contributed by atoms with Crippen molar-refractivity contribution in [2.75, 3.05) is 11.8 Å². The number of aryl methyl sites for hydroxylation is 1. The van der Waals surface area contributed by atoms with Crippen molar-refractivity contribution in [1.29, 1.82) is 0 Å². The van der Waals surface area contributed by atoms with Crippen molar-refractivity contribution in [2.45, 2.75) is 24.8 Å². The Kier molecular flexibility index (Phi) is 6.11. The molecule has 0 aliphatic heterocycles. The molecule has 1 unspecified atom stereocenters. The predicted molar refractivity (Wildman–Crippen MR) is 127 cm³/mol. The van der Waals surface area contributed by atoms with Crippen molar-refractivity contribution in [3.63, 3.8) is 0 Å². The molecule has 0 bridgehead atoms. The third kappa shape index (κ3) is 4.85. The third-order valence-electron chi connectivity index (χ3n) is 5.24. The minimum Gasteiger partial charge on any atom is -0.495 e. The first kappa shape index (κ1) is 22.4. The smallest absolute Gasteiger partial charge is 0.265 e. The average Bonchev–Trinajstić information content (AvgIpc) is 3.24. The summed E-state index contributed by atoms with van der Waals surface area (Å²) in [6.07, 6.45) is 0. The zero-order valence-electron chi connectivity index (χ0n) is 18.5. The van der Waals surface area contributed by atoms with E-state index >= 15 is 0 Å². The van der Waals surface area contributed by atoms with Gasteiger partial charge in [0.05, 0.1) is 13.2 Å². The Morgan fingerprint density at radius 1 is 1.00 bits per heavy atom. The van der Waals surface area contributed by atoms with Crippen LogP contribution < -0.4 is 14.8 Å². The third-order valence-corrected chi connectivity index (χ3v) is 6.64. The highest BCUT2D eigenvalue weighted by Gasteiger charge is 2.23. The molecule has 1 amide bonds. The Hall–Kier alpha value is -3.78. The predicted octanol–water partition coefficient (Wildman–Crippen LogP) is 5.04. The monoisotopic (exact) mass is 464 g/mol. The van der Waals surface area contributed by atoms with Gasteiger partial charge in [0.25, 0.3) is 15.9 Å². The molecule has 0 aliphatic rings. The van der Waals surface area contributed by atoms with Crippen LogP contribution in [0.3, 0.4) is 0 Å². The molecule has 4 rings (SSSR count). The number of carbonyl (C=O) groups is 1. The topological polar surface area (TPSA) is 97.6 Å². The van der Waals surface area contributed by atoms with Gasteiger partial charge in [0.1, 0.15) is 22.0 Å². The summed E-state index contributed by atoms with van der Waals surface area (Å²) < 4.78 is 39.7. The summed E-state index contributed by atoms with van der Waals surface area (Å²) in [7, 11) is -2.62. The van der Waals surface area contributed by atoms with Crippen molar-refractivity contribution in [3.05, 3.63) is 89.7 Å². The molecule has 0 spiro atoms. The molecule has 1 atom stereocenters. The van der Waals surface area contributed by atoms with Crippen LogP contribution in [0.1, 0.15) is 34.6 Å². The fraction of sp³-hybridized carbons (Fsp3) is 0.160. The second kappa shape index (κ2) is 8.99. The maximum Gasteiger partial charge on any atom is 0.265 e. The van der Waals surface area contributed by atoms with Gasteiger partial charge in [-0.2, -0.15) is 0 Å². The van der Waals surface area contributed by atoms with E-state index in [0.717, 1.165) is 16.5 Å². The molecule has 2 N–H and O–H groups in total. The average molecular weight is 465 g/mol. The first-order valence-electron chi connectivity index (χ1n) is 10.3. The SMILES string of the molecule is COc1ccc(C(=O)NC(C)c2cc3ccccc3o2)cc1S(=O)(=O)Nc1ccc(C)cc1. The summed E-state index contributed by atoms with van der Waals surface area (Å²) in [5.41, 5.74) is 2.33. The van der Waals surface area contributed by atoms with E-state index in [1.807, 2.05) is 37.3 Å². The molecule has 0 radical (unpaired) electrons. The van der Waals surface area contributed by atoms with Gasteiger partial charge in [-0.3, -0.25) is 9.52 Å². The first-order chi connectivity index (χ1) is 15.8. The highest BCUT2D eigenvalue weighted by molar-refractivity contribution is 7.92. The van der Waals surface area contributed by atoms with Crippen LogP contribution in [0, 0.1) is 6.92 Å². The zero-order valence-corrected chi connectivity index (χ0v) is 19.3. The number of rotatable bonds is 7. The summed E-state index contributed by atoms with van der Waals surface area (Å²) in [4.78, 5) is 12.8. The van der Waals surface area contributed by atoms with Crippen LogP contribution in [-0.4, -0.2) is 21.4 Å². The minimum atomic E-state index is -4.00. The van der Waals surface area contributed by atoms with Crippen LogP contribution in [0.5, 0.6) is 5.75 Å². The maximum atomic E-state index is 13.0. The van der Waals surface area contributed by atoms with Gasteiger partial charge in [-0.1, -0.05) is 35.9 Å². The fourth-order valence-electron chi connectivity index (χ4n) is 3.43. The van der Waals surface area contributed by atoms with Gasteiger partial charge >= 0.3 is 0 Å². The Morgan fingerprint density at radius 3 is 2.42 bits per heavy atom. The lowest BCUT2D eigenvalue weighted by atomic mass is 10.1. The molecule has 4 aromatic rings. The van der Waals surface area contributed by atoms with Crippen molar-refractivity contribution < 1.29 is 22.4 Å². The van der Waals surface area contributed by atoms with Crippen LogP contribution in [0.4, 0.5) is 5.69 Å². The molecule has 170 valence electrons. The fourth-order valence-corrected chi connectivity index (χ4v) is 4.68. The Bertz CT molecular complexity index is 1380. The van der Waals surface area contributed by atoms with Gasteiger partial charge in [0.2, 0.25) is 0 Å². The number of ether oxygens (including phenoxy) is 1. The van der Waals surface area contributed by atoms with Crippen LogP contribution in [-0.2, 0) is 10.0 Å². The van der Waals surface area contributed by atoms with Gasteiger partial charge in [-0.05, 0) is 56.3 Å². The second-order valence-corrected chi connectivity index (χ2v) is 9.37. The van der Waals surface area contributed by atoms with E-state index < -0.39 is 22.0 Å². The number of furan rings is 1. The van der Waals surface area contributed by atoms with Gasteiger partial charge in [-0.25, -0.2) is 8.42 Å². The molecular formula is C25H24N2O5S. The van der Waals surface area contributed by atoms with Crippen LogP contribution in [0.2, 0.25) is 0 Å². The number of nitrogens with one attached hydrogen (secondary N) is 2. The molecule has 0 aliphatic carbocycles. The summed E-state index contributed by atoms with van der Waals surface area (Å²) in [6, 6.07) is 20.3. The minimum absolute atomic E-state index is 0.130. The number of anilines is 1. The normalized spacial score (nSPS) is 12.3. The number of methoxy groups -OCH3 is 1. The van der Waals surface area contributed by atoms with Gasteiger partial charge in [-0.15, -0.1) is 0 Å². The Morgan fingerprint density at radius 2 is 1.73 bits per heavy atom. The number of benzene rings is 3. The van der Waals surface area contributed by atoms with E-state index in [1.54, 1.807) is 31.2 Å². The van der Waals surface area contributed by atoms with E-state index in [1.165, 1.54) is 25.3 Å². The van der Waals surface area contributed by atoms with Gasteiger partial charge in [0, 0.05) is 16.6 Å². The standard InChI is InChI=1S/C25H24N2O5S/c1-16-8-11-20(12-9-16)27-33(29,30)24-15-19(10-13-22(24)31-3)25(28)26-17(2)23-14-18-6-4-5-7-21(18)32-23/h4-15,17,27H,1-3H3,(H,26,28). The number of amides is 1. The number of sulfonamides is 1. The van der Waals surface area contributed by atoms with Crippen molar-refractivity contribution in [3.8, 4) is 5.75 Å². The first-order valence-corrected chi connectivity index (χ1v) is 11.8. The summed E-state index contributed by atoms with van der Waals surface area (Å²) in [5.74, 6) is 0.306. The summed E-state index contributed by atoms with van der Waals surface area (Å²) >= 11 is 0. The Balaban J connectivity index is 1.58. The lowest BCUT2D eigenvalue weighted by Crippen LogP contribution is -2.26. The Labute approximate surface area is 192 Å². The van der Waals surface area contributed by atoms with Crippen molar-refractivity contribution in [1.82, 2.24) is 5.32 Å². The van der Waals surface area contributed by atoms with Gasteiger partial charge < -0.3 is 14.5 Å². The van der Waals surface area contributed by atoms with E-state index in [2.05, 4.69) is 10.0 Å². The molecule has 33 heavy (non-hydrogen) atoms. The molecule has 1 aromatic heterocycles. The second-order valence-electron chi connectivity index (χ2n) is 7.72. The molecule has 0 saturated heterocycles. The molecule has 3 aromatic carbocycles. The zero-order chi connectivity index (χ0) is 23.6. The molecule has 0 saturated carbocycles. The van der Waals surface area contributed by atoms with Crippen molar-refractivity contribution >= 4 is 32.6 Å². The van der Waals surface area contributed by atoms with Gasteiger partial charge in [0.15, 0.2) is 0 Å². The number of hydrogen-bond acceptors (Lipinski definition) is 5. The highest BCUT2D eigenvalue weighted by atomic mass is 32.2. The van der Waals surface area contributed by atoms with Crippen molar-refractivity contribution in [2.24, 2.45) is 0 Å². The quantitative estimate of drug-likeness (QED) is 0.399. The molecule has 0 fully saturated rings. The maximum absolute atomic E-state index is 13.0. The molecule has 8 heteroatoms. The number of carbonyl (C=O) groups excluding carboxylic acids is 1. The highest BCUT2D eigenvalue weighted by Crippen LogP contribution is 2.28. The lowest BCUT2D eigenvalue weighted by Gasteiger charge is -2.15. The summed E-state index contributed by atoms with van der Waals surface area (Å²) in [6.45, 7) is 3.71. The van der Waals surface area contributed by atoms with E-state index in [0.29, 0.717) is 11.4 Å². The van der Waals surface area contributed by atoms with Crippen LogP contribution in [0.25, 0.3) is 11.0 Å². The van der Waals surface area contributed by atoms with E-state index in [4.69, 9.17) is 9.15 Å². The van der Waals surface area contributed by atoms with Crippen LogP contribution >= 0.6 is 0 Å². The number of para-hydroxylation sites is 1. The van der Waals surface area contributed by atoms with Crippen LogP contribution in [0.15, 0.2) is 82.1 Å². The largest absolute Gasteiger partial charge is 0.495 e. The molecule has 7 nitrogen and oxygen atoms in total. The number of fused-ring (bicyclic) bond motifs is 1. The van der Waals surface area contributed by atoms with E-state index in [-0.39, 0.29) is 16.2 Å². The lowest BCUT2D eigenvalue weighted by molar-refractivity contribution is 0.0935.